The molecule has 1 rings (SSSR count). The van der Waals surface area contributed by atoms with Crippen LogP contribution in [0.15, 0.2) is 23.8 Å². The van der Waals surface area contributed by atoms with Crippen molar-refractivity contribution in [2.24, 2.45) is 0 Å². The van der Waals surface area contributed by atoms with Crippen molar-refractivity contribution in [3.63, 3.8) is 0 Å². The lowest BCUT2D eigenvalue weighted by atomic mass is 10.0. The molecule has 0 saturated heterocycles. The predicted octanol–water partition coefficient (Wildman–Crippen LogP) is 3.27. The minimum absolute atomic E-state index is 0.663. The number of allylic oxidation sites excluding steroid dienone is 4. The maximum absolute atomic E-state index is 10.00. The Morgan fingerprint density at radius 1 is 1.42 bits per heavy atom. The molecule has 0 heterocycles. The van der Waals surface area contributed by atoms with Gasteiger partial charge in [0.2, 0.25) is 0 Å². The van der Waals surface area contributed by atoms with Crippen LogP contribution in [0.5, 0.6) is 0 Å². The lowest BCUT2D eigenvalue weighted by Crippen LogP contribution is -1.85. The molecular formula is C11H18O. The summed E-state index contributed by atoms with van der Waals surface area (Å²) in [7, 11) is 0. The largest absolute Gasteiger partial charge is 0.303 e. The zero-order valence-electron chi connectivity index (χ0n) is 8.05. The van der Waals surface area contributed by atoms with E-state index in [1.807, 2.05) is 13.8 Å². The Kier molecular flexibility index (Phi) is 7.66. The van der Waals surface area contributed by atoms with E-state index in [0.29, 0.717) is 6.42 Å². The van der Waals surface area contributed by atoms with E-state index in [1.165, 1.54) is 5.57 Å². The van der Waals surface area contributed by atoms with Crippen molar-refractivity contribution in [2.45, 2.75) is 39.5 Å². The summed E-state index contributed by atoms with van der Waals surface area (Å²) in [6.07, 6.45) is 11.4. The summed E-state index contributed by atoms with van der Waals surface area (Å²) >= 11 is 0. The van der Waals surface area contributed by atoms with Crippen LogP contribution in [0.1, 0.15) is 39.5 Å². The summed E-state index contributed by atoms with van der Waals surface area (Å²) in [5, 5.41) is 0. The standard InChI is InChI=1S/C9H12O.C2H6/c10-8-4-7-9-5-2-1-3-6-9;1-2/h2,5-6,8H,1,3-4,7H2;1-2H3. The van der Waals surface area contributed by atoms with Gasteiger partial charge in [-0.2, -0.15) is 0 Å². The highest BCUT2D eigenvalue weighted by Crippen LogP contribution is 2.13. The maximum atomic E-state index is 10.00. The fourth-order valence-electron chi connectivity index (χ4n) is 1.08. The lowest BCUT2D eigenvalue weighted by Gasteiger charge is -2.02. The Labute approximate surface area is 75.2 Å². The smallest absolute Gasteiger partial charge is 0.120 e. The molecule has 1 nitrogen and oxygen atoms in total. The summed E-state index contributed by atoms with van der Waals surface area (Å²) in [6, 6.07) is 0. The van der Waals surface area contributed by atoms with Crippen LogP contribution < -0.4 is 0 Å². The van der Waals surface area contributed by atoms with Gasteiger partial charge < -0.3 is 4.79 Å². The van der Waals surface area contributed by atoms with Gasteiger partial charge in [-0.15, -0.1) is 0 Å². The molecule has 0 spiro atoms. The summed E-state index contributed by atoms with van der Waals surface area (Å²) in [5.74, 6) is 0. The van der Waals surface area contributed by atoms with E-state index in [-0.39, 0.29) is 0 Å². The van der Waals surface area contributed by atoms with Gasteiger partial charge >= 0.3 is 0 Å². The second kappa shape index (κ2) is 8.25. The molecule has 0 amide bonds. The van der Waals surface area contributed by atoms with Crippen LogP contribution in [-0.2, 0) is 4.79 Å². The minimum atomic E-state index is 0.663. The molecule has 1 aliphatic carbocycles. The first-order valence-electron chi connectivity index (χ1n) is 4.72. The zero-order valence-corrected chi connectivity index (χ0v) is 8.05. The van der Waals surface area contributed by atoms with E-state index in [9.17, 15) is 4.79 Å². The van der Waals surface area contributed by atoms with Crippen molar-refractivity contribution in [1.82, 2.24) is 0 Å². The van der Waals surface area contributed by atoms with E-state index in [2.05, 4.69) is 18.2 Å². The lowest BCUT2D eigenvalue weighted by molar-refractivity contribution is -0.107. The molecule has 12 heavy (non-hydrogen) atoms. The van der Waals surface area contributed by atoms with Crippen LogP contribution in [0.4, 0.5) is 0 Å². The Hall–Kier alpha value is -0.850. The van der Waals surface area contributed by atoms with E-state index in [4.69, 9.17) is 0 Å². The Morgan fingerprint density at radius 3 is 2.67 bits per heavy atom. The van der Waals surface area contributed by atoms with Crippen LogP contribution in [0.2, 0.25) is 0 Å². The van der Waals surface area contributed by atoms with Crippen LogP contribution in [0.3, 0.4) is 0 Å². The van der Waals surface area contributed by atoms with Gasteiger partial charge in [0.25, 0.3) is 0 Å². The fraction of sp³-hybridized carbons (Fsp3) is 0.545. The summed E-state index contributed by atoms with van der Waals surface area (Å²) in [4.78, 5) is 10.00. The summed E-state index contributed by atoms with van der Waals surface area (Å²) in [6.45, 7) is 4.00. The minimum Gasteiger partial charge on any atom is -0.303 e. The van der Waals surface area contributed by atoms with Crippen molar-refractivity contribution in [3.05, 3.63) is 23.8 Å². The first-order chi connectivity index (χ1) is 5.93. The molecule has 0 aromatic carbocycles. The molecule has 68 valence electrons. The average molecular weight is 166 g/mol. The Bertz CT molecular complexity index is 166. The third-order valence-corrected chi connectivity index (χ3v) is 1.62. The number of carbonyl (C=O) groups excluding carboxylic acids is 1. The van der Waals surface area contributed by atoms with E-state index in [0.717, 1.165) is 25.5 Å². The quantitative estimate of drug-likeness (QED) is 0.588. The van der Waals surface area contributed by atoms with Crippen molar-refractivity contribution in [1.29, 1.82) is 0 Å². The molecule has 0 fully saturated rings. The second-order valence-electron chi connectivity index (χ2n) is 2.46. The molecule has 0 aromatic rings. The van der Waals surface area contributed by atoms with Gasteiger partial charge in [-0.3, -0.25) is 0 Å². The third-order valence-electron chi connectivity index (χ3n) is 1.62. The van der Waals surface area contributed by atoms with Crippen LogP contribution >= 0.6 is 0 Å². The van der Waals surface area contributed by atoms with Crippen LogP contribution in [-0.4, -0.2) is 6.29 Å². The van der Waals surface area contributed by atoms with Gasteiger partial charge in [-0.1, -0.05) is 37.6 Å². The predicted molar refractivity (Wildman–Crippen MR) is 53.1 cm³/mol. The molecule has 1 aliphatic rings. The molecule has 0 atom stereocenters. The molecule has 0 unspecified atom stereocenters. The van der Waals surface area contributed by atoms with Crippen LogP contribution in [0, 0.1) is 0 Å². The monoisotopic (exact) mass is 166 g/mol. The third kappa shape index (κ3) is 4.89. The number of hydrogen-bond donors (Lipinski definition) is 0. The molecule has 0 bridgehead atoms. The van der Waals surface area contributed by atoms with E-state index < -0.39 is 0 Å². The second-order valence-corrected chi connectivity index (χ2v) is 2.46. The molecule has 0 radical (unpaired) electrons. The molecule has 0 saturated carbocycles. The number of hydrogen-bond acceptors (Lipinski definition) is 1. The number of rotatable bonds is 3. The first kappa shape index (κ1) is 11.2. The highest BCUT2D eigenvalue weighted by molar-refractivity contribution is 5.50. The highest BCUT2D eigenvalue weighted by atomic mass is 16.1. The number of aldehydes is 1. The van der Waals surface area contributed by atoms with E-state index in [1.54, 1.807) is 0 Å². The van der Waals surface area contributed by atoms with Gasteiger partial charge in [-0.25, -0.2) is 0 Å². The summed E-state index contributed by atoms with van der Waals surface area (Å²) < 4.78 is 0. The normalized spacial score (nSPS) is 14.3. The molecule has 0 aliphatic heterocycles. The Balaban J connectivity index is 0.000000561. The molecule has 0 N–H and O–H groups in total. The first-order valence-corrected chi connectivity index (χ1v) is 4.72. The van der Waals surface area contributed by atoms with Crippen molar-refractivity contribution in [2.75, 3.05) is 0 Å². The van der Waals surface area contributed by atoms with Gasteiger partial charge in [0, 0.05) is 6.42 Å². The molecule has 0 aromatic heterocycles. The van der Waals surface area contributed by atoms with Crippen LogP contribution in [0.25, 0.3) is 0 Å². The maximum Gasteiger partial charge on any atom is 0.120 e. The summed E-state index contributed by atoms with van der Waals surface area (Å²) in [5.41, 5.74) is 1.32. The topological polar surface area (TPSA) is 17.1 Å². The van der Waals surface area contributed by atoms with Gasteiger partial charge in [0.15, 0.2) is 0 Å². The van der Waals surface area contributed by atoms with Gasteiger partial charge in [-0.05, 0) is 19.3 Å². The van der Waals surface area contributed by atoms with Gasteiger partial charge in [0.05, 0.1) is 0 Å². The average Bonchev–Trinajstić information content (AvgIpc) is 2.19. The fourth-order valence-corrected chi connectivity index (χ4v) is 1.08. The molecule has 1 heteroatoms. The molecular weight excluding hydrogens is 148 g/mol. The van der Waals surface area contributed by atoms with E-state index >= 15 is 0 Å². The zero-order chi connectivity index (χ0) is 9.23. The Morgan fingerprint density at radius 2 is 2.17 bits per heavy atom. The van der Waals surface area contributed by atoms with Crippen molar-refractivity contribution >= 4 is 6.29 Å². The highest BCUT2D eigenvalue weighted by Gasteiger charge is 1.95. The van der Waals surface area contributed by atoms with Gasteiger partial charge in [0.1, 0.15) is 6.29 Å². The number of carbonyl (C=O) groups is 1. The van der Waals surface area contributed by atoms with Crippen molar-refractivity contribution in [3.8, 4) is 0 Å². The SMILES string of the molecule is CC.O=CCCC1=CCCC=C1. The van der Waals surface area contributed by atoms with Crippen molar-refractivity contribution < 1.29 is 4.79 Å².